The zero-order chi connectivity index (χ0) is 56.0. The number of aryl methyl sites for hydroxylation is 4. The van der Waals surface area contributed by atoms with Crippen LogP contribution in [0, 0.1) is 72.1 Å². The van der Waals surface area contributed by atoms with E-state index < -0.39 is 66.0 Å². The topological polar surface area (TPSA) is 238 Å². The number of ether oxygens (including phenoxy) is 4. The minimum Gasteiger partial charge on any atom is -0.466 e. The molecule has 0 saturated carbocycles. The molecule has 8 atom stereocenters. The van der Waals surface area contributed by atoms with Gasteiger partial charge in [-0.25, -0.2) is 0 Å². The number of hydrogen-bond acceptors (Lipinski definition) is 16. The van der Waals surface area contributed by atoms with Gasteiger partial charge in [0.05, 0.1) is 77.5 Å². The van der Waals surface area contributed by atoms with Crippen molar-refractivity contribution < 1.29 is 58.6 Å². The molecule has 0 unspecified atom stereocenters. The lowest BCUT2D eigenvalue weighted by atomic mass is 10.0. The molecule has 0 amide bonds. The second kappa shape index (κ2) is 27.6. The van der Waals surface area contributed by atoms with Gasteiger partial charge in [-0.15, -0.1) is 0 Å². The van der Waals surface area contributed by atoms with E-state index in [1.165, 1.54) is 0 Å². The maximum Gasteiger partial charge on any atom is 0.315 e. The first-order valence-corrected chi connectivity index (χ1v) is 25.4. The number of hydrogen-bond donors (Lipinski definition) is 4. The summed E-state index contributed by atoms with van der Waals surface area (Å²) < 4.78 is 19.7. The Hall–Kier alpha value is -7.11. The third kappa shape index (κ3) is 14.6. The molecule has 0 fully saturated rings. The Kier molecular flexibility index (Phi) is 21.7. The highest BCUT2D eigenvalue weighted by Gasteiger charge is 2.41. The lowest BCUT2D eigenvalue weighted by Crippen LogP contribution is -2.26. The average molecular weight is 1040 g/mol. The number of esters is 4. The molecule has 16 nitrogen and oxygen atoms in total. The van der Waals surface area contributed by atoms with E-state index in [9.17, 15) is 39.6 Å². The van der Waals surface area contributed by atoms with Crippen LogP contribution in [0.15, 0.2) is 95.6 Å². The van der Waals surface area contributed by atoms with Gasteiger partial charge >= 0.3 is 23.9 Å². The number of nitrogens with zero attached hydrogens (tertiary/aromatic N) is 4. The Labute approximate surface area is 447 Å². The molecule has 4 N–H and O–H groups in total. The van der Waals surface area contributed by atoms with E-state index in [2.05, 4.69) is 40.7 Å². The molecule has 4 aromatic rings. The number of aliphatic hydroxyl groups excluding tert-OH is 4. The predicted octanol–water partition coefficient (Wildman–Crippen LogP) is 7.87. The maximum absolute atomic E-state index is 11.8. The van der Waals surface area contributed by atoms with Crippen LogP contribution in [0.4, 0.5) is 0 Å². The largest absolute Gasteiger partial charge is 0.466 e. The first-order valence-electron chi connectivity index (χ1n) is 25.4. The fourth-order valence-corrected chi connectivity index (χ4v) is 9.42. The molecule has 16 heteroatoms. The molecule has 0 saturated heterocycles. The van der Waals surface area contributed by atoms with Crippen LogP contribution < -0.4 is 0 Å². The van der Waals surface area contributed by atoms with E-state index in [1.54, 1.807) is 31.7 Å². The summed E-state index contributed by atoms with van der Waals surface area (Å²) >= 11 is 0. The number of rotatable bonds is 12. The number of carbonyl (C=O) groups excluding carboxylic acids is 4. The van der Waals surface area contributed by atoms with Gasteiger partial charge < -0.3 is 39.4 Å². The molecule has 4 aliphatic rings. The normalized spacial score (nSPS) is 22.7. The molecule has 0 radical (unpaired) electrons. The summed E-state index contributed by atoms with van der Waals surface area (Å²) in [5, 5.41) is 40.6. The van der Waals surface area contributed by atoms with Crippen LogP contribution in [0.1, 0.15) is 105 Å². The standard InChI is InChI=1S/C15H19NO3.3C15H18NO3/c4*1-4-19-15(18)12-7-11(10(3)14(12)17)13-6-5-9(2)8-16-13/h5-6,8,12,14,17H,4,7H2,1-3H3;3*5-6,8,12,14,17H,1,4,7H2,2-3H3/q;3*+1/t2*12-,14+;2*12-,14-/m1010/s1. The zero-order valence-corrected chi connectivity index (χ0v) is 45.2. The Morgan fingerprint density at radius 2 is 0.618 bits per heavy atom. The summed E-state index contributed by atoms with van der Waals surface area (Å²) in [7, 11) is 0. The molecular weight excluding hydrogens is 969 g/mol. The Morgan fingerprint density at radius 3 is 0.789 bits per heavy atom. The number of aromatic nitrogens is 4. The van der Waals surface area contributed by atoms with Gasteiger partial charge in [-0.1, -0.05) is 24.3 Å². The van der Waals surface area contributed by atoms with Gasteiger partial charge in [0.1, 0.15) is 20.8 Å². The van der Waals surface area contributed by atoms with E-state index in [0.717, 1.165) is 89.6 Å². The van der Waals surface area contributed by atoms with Gasteiger partial charge in [-0.2, -0.15) is 0 Å². The van der Waals surface area contributed by atoms with Crippen LogP contribution in [-0.2, 0) is 38.1 Å². The molecular formula is C60H73N4O12+3. The highest BCUT2D eigenvalue weighted by atomic mass is 16.5. The number of pyridine rings is 4. The molecule has 402 valence electrons. The lowest BCUT2D eigenvalue weighted by Gasteiger charge is -2.14. The monoisotopic (exact) mass is 1040 g/mol. The highest BCUT2D eigenvalue weighted by molar-refractivity contribution is 5.85. The minimum absolute atomic E-state index is 0.0826. The number of allylic oxidation sites excluding steroid dienone is 4. The second-order valence-electron chi connectivity index (χ2n) is 19.3. The van der Waals surface area contributed by atoms with Crippen LogP contribution in [-0.4, -0.2) is 115 Å². The fourth-order valence-electron chi connectivity index (χ4n) is 9.42. The highest BCUT2D eigenvalue weighted by Crippen LogP contribution is 2.41. The van der Waals surface area contributed by atoms with Crippen LogP contribution >= 0.6 is 0 Å². The van der Waals surface area contributed by atoms with Crippen molar-refractivity contribution in [1.82, 2.24) is 19.9 Å². The number of aliphatic hydroxyl groups is 4. The molecule has 0 aliphatic heterocycles. The number of carbonyl (C=O) groups is 4. The van der Waals surface area contributed by atoms with Gasteiger partial charge in [0, 0.05) is 24.8 Å². The van der Waals surface area contributed by atoms with Crippen molar-refractivity contribution in [3.05, 3.63) is 161 Å². The molecule has 0 spiro atoms. The van der Waals surface area contributed by atoms with Gasteiger partial charge in [-0.05, 0) is 179 Å². The van der Waals surface area contributed by atoms with E-state index in [1.807, 2.05) is 104 Å². The van der Waals surface area contributed by atoms with Gasteiger partial charge in [0.25, 0.3) is 0 Å². The third-order valence-electron chi connectivity index (χ3n) is 14.0. The van der Waals surface area contributed by atoms with E-state index in [-0.39, 0.29) is 25.8 Å². The summed E-state index contributed by atoms with van der Waals surface area (Å²) in [6.45, 7) is 28.0. The van der Waals surface area contributed by atoms with Crippen molar-refractivity contribution in [3.8, 4) is 0 Å². The summed E-state index contributed by atoms with van der Waals surface area (Å²) in [5.74, 6) is -3.66. The SMILES string of the molecule is CCOC(=O)[C@@H]1CC(c2ccc(C)cn2)=C(C)[C@@H]1O.[CH2+]COC(=O)[C@@H]1CC(c2ccc(C)cn2)=C(C)[C@H]1O.[CH2+]COC(=O)[C@H]1CC(c2ccc(C)cn2)=C(C)[C@@H]1O.[CH2+]COC(=O)[C@H]1CC(c2ccc(C)cn2)=C(C)[C@H]1O. The quantitative estimate of drug-likeness (QED) is 0.0600. The van der Waals surface area contributed by atoms with Crippen molar-refractivity contribution in [3.63, 3.8) is 0 Å². The van der Waals surface area contributed by atoms with Crippen LogP contribution in [0.2, 0.25) is 0 Å². The van der Waals surface area contributed by atoms with Gasteiger partial charge in [-0.3, -0.25) is 39.1 Å². The van der Waals surface area contributed by atoms with Crippen LogP contribution in [0.25, 0.3) is 22.3 Å². The molecule has 4 heterocycles. The van der Waals surface area contributed by atoms with Gasteiger partial charge in [0.2, 0.25) is 19.8 Å². The minimum atomic E-state index is -0.794. The van der Waals surface area contributed by atoms with Gasteiger partial charge in [0.15, 0.2) is 0 Å². The van der Waals surface area contributed by atoms with Crippen molar-refractivity contribution in [2.24, 2.45) is 23.7 Å². The van der Waals surface area contributed by atoms with Crippen molar-refractivity contribution in [2.45, 2.75) is 112 Å². The molecule has 0 aromatic carbocycles. The smallest absolute Gasteiger partial charge is 0.315 e. The van der Waals surface area contributed by atoms with Crippen LogP contribution in [0.5, 0.6) is 0 Å². The molecule has 8 rings (SSSR count). The Balaban J connectivity index is 0.000000187. The van der Waals surface area contributed by atoms with Crippen molar-refractivity contribution in [2.75, 3.05) is 26.4 Å². The fraction of sp³-hybridized carbons (Fsp3) is 0.417. The summed E-state index contributed by atoms with van der Waals surface area (Å²) in [6, 6.07) is 15.5. The van der Waals surface area contributed by atoms with Crippen molar-refractivity contribution >= 4 is 46.2 Å². The molecule has 0 bridgehead atoms. The molecule has 4 aromatic heterocycles. The lowest BCUT2D eigenvalue weighted by molar-refractivity contribution is -0.151. The maximum atomic E-state index is 11.8. The van der Waals surface area contributed by atoms with E-state index >= 15 is 0 Å². The molecule has 4 aliphatic carbocycles. The average Bonchev–Trinajstić information content (AvgIpc) is 4.09. The van der Waals surface area contributed by atoms with Crippen LogP contribution in [0.3, 0.4) is 0 Å². The Bertz CT molecular complexity index is 2400. The summed E-state index contributed by atoms with van der Waals surface area (Å²) in [4.78, 5) is 64.5. The van der Waals surface area contributed by atoms with Crippen molar-refractivity contribution in [1.29, 1.82) is 0 Å². The van der Waals surface area contributed by atoms with E-state index in [4.69, 9.17) is 18.9 Å². The second-order valence-corrected chi connectivity index (χ2v) is 19.3. The first-order chi connectivity index (χ1) is 36.2. The predicted molar refractivity (Wildman–Crippen MR) is 288 cm³/mol. The molecule has 76 heavy (non-hydrogen) atoms. The Morgan fingerprint density at radius 1 is 0.408 bits per heavy atom. The van der Waals surface area contributed by atoms with E-state index in [0.29, 0.717) is 32.3 Å². The first kappa shape index (κ1) is 59.8. The summed E-state index contributed by atoms with van der Waals surface area (Å²) in [5.41, 5.74) is 14.5. The summed E-state index contributed by atoms with van der Waals surface area (Å²) in [6.07, 6.45) is 5.85. The third-order valence-corrected chi connectivity index (χ3v) is 14.0. The zero-order valence-electron chi connectivity index (χ0n) is 45.2.